The summed E-state index contributed by atoms with van der Waals surface area (Å²) in [7, 11) is 0. The Kier molecular flexibility index (Phi) is 5.18. The Hall–Kier alpha value is -3.02. The van der Waals surface area contributed by atoms with Crippen molar-refractivity contribution < 1.29 is 9.47 Å². The van der Waals surface area contributed by atoms with E-state index in [0.29, 0.717) is 19.2 Å². The van der Waals surface area contributed by atoms with Gasteiger partial charge in [-0.15, -0.1) is 0 Å². The molecule has 2 N–H and O–H groups in total. The molecule has 0 aliphatic heterocycles. The second kappa shape index (κ2) is 7.70. The van der Waals surface area contributed by atoms with Gasteiger partial charge in [0.25, 0.3) is 0 Å². The second-order valence-electron chi connectivity index (χ2n) is 5.54. The first-order chi connectivity index (χ1) is 12.2. The molecule has 0 atom stereocenters. The summed E-state index contributed by atoms with van der Waals surface area (Å²) in [6.07, 6.45) is 1.71. The van der Waals surface area contributed by atoms with Crippen LogP contribution in [-0.2, 0) is 0 Å². The van der Waals surface area contributed by atoms with E-state index in [1.807, 2.05) is 51.1 Å². The van der Waals surface area contributed by atoms with Crippen LogP contribution >= 0.6 is 0 Å². The van der Waals surface area contributed by atoms with Crippen molar-refractivity contribution in [2.24, 2.45) is 5.10 Å². The number of aryl methyl sites for hydroxylation is 1. The number of imidazole rings is 1. The average molecular weight is 338 g/mol. The molecule has 0 fully saturated rings. The molecule has 3 rings (SSSR count). The lowest BCUT2D eigenvalue weighted by molar-refractivity contribution is 0.323. The molecular formula is C19H22N4O2. The fourth-order valence-corrected chi connectivity index (χ4v) is 2.50. The first-order valence-corrected chi connectivity index (χ1v) is 8.34. The number of hydrogen-bond donors (Lipinski definition) is 2. The van der Waals surface area contributed by atoms with Gasteiger partial charge in [0, 0.05) is 11.6 Å². The van der Waals surface area contributed by atoms with Gasteiger partial charge in [0.1, 0.15) is 11.5 Å². The van der Waals surface area contributed by atoms with Crippen LogP contribution in [0.25, 0.3) is 11.0 Å². The van der Waals surface area contributed by atoms with E-state index in [0.717, 1.165) is 28.1 Å². The zero-order valence-electron chi connectivity index (χ0n) is 14.7. The highest BCUT2D eigenvalue weighted by atomic mass is 16.5. The lowest BCUT2D eigenvalue weighted by Crippen LogP contribution is -1.99. The number of ether oxygens (including phenoxy) is 2. The Balaban J connectivity index is 1.76. The molecule has 0 aliphatic carbocycles. The van der Waals surface area contributed by atoms with E-state index in [2.05, 4.69) is 26.6 Å². The third-order valence-corrected chi connectivity index (χ3v) is 3.61. The van der Waals surface area contributed by atoms with Crippen LogP contribution in [0.1, 0.15) is 25.0 Å². The van der Waals surface area contributed by atoms with Crippen molar-refractivity contribution >= 4 is 23.2 Å². The van der Waals surface area contributed by atoms with Crippen molar-refractivity contribution in [3.05, 3.63) is 47.5 Å². The minimum Gasteiger partial charge on any atom is -0.494 e. The van der Waals surface area contributed by atoms with Crippen molar-refractivity contribution in [3.63, 3.8) is 0 Å². The number of anilines is 1. The molecule has 25 heavy (non-hydrogen) atoms. The van der Waals surface area contributed by atoms with Crippen molar-refractivity contribution in [3.8, 4) is 11.5 Å². The van der Waals surface area contributed by atoms with E-state index in [4.69, 9.17) is 9.47 Å². The molecule has 1 aromatic heterocycles. The molecule has 6 heteroatoms. The molecule has 0 bridgehead atoms. The normalized spacial score (nSPS) is 11.2. The summed E-state index contributed by atoms with van der Waals surface area (Å²) < 4.78 is 11.2. The standard InChI is InChI=1S/C19H22N4O2/c1-4-24-15-8-7-14(18(11-15)25-5-2)12-20-23-19-21-16-9-6-13(3)10-17(16)22-19/h6-12H,4-5H2,1-3H3,(H2,21,22,23)/b20-12-. The molecular weight excluding hydrogens is 316 g/mol. The molecule has 6 nitrogen and oxygen atoms in total. The topological polar surface area (TPSA) is 71.5 Å². The smallest absolute Gasteiger partial charge is 0.222 e. The third-order valence-electron chi connectivity index (χ3n) is 3.61. The van der Waals surface area contributed by atoms with Crippen LogP contribution < -0.4 is 14.9 Å². The number of rotatable bonds is 7. The monoisotopic (exact) mass is 338 g/mol. The van der Waals surface area contributed by atoms with Gasteiger partial charge in [0.15, 0.2) is 0 Å². The predicted octanol–water partition coefficient (Wildman–Crippen LogP) is 4.11. The first kappa shape index (κ1) is 16.8. The number of benzene rings is 2. The summed E-state index contributed by atoms with van der Waals surface area (Å²) >= 11 is 0. The summed E-state index contributed by atoms with van der Waals surface area (Å²) in [5, 5.41) is 4.26. The van der Waals surface area contributed by atoms with Gasteiger partial charge >= 0.3 is 0 Å². The third kappa shape index (κ3) is 4.09. The van der Waals surface area contributed by atoms with E-state index in [1.165, 1.54) is 5.56 Å². The van der Waals surface area contributed by atoms with Crippen LogP contribution in [0.5, 0.6) is 11.5 Å². The highest BCUT2D eigenvalue weighted by Crippen LogP contribution is 2.24. The SMILES string of the molecule is CCOc1ccc(/C=N\Nc2nc3ccc(C)cc3[nH]2)c(OCC)c1. The van der Waals surface area contributed by atoms with Crippen molar-refractivity contribution in [2.75, 3.05) is 18.6 Å². The summed E-state index contributed by atoms with van der Waals surface area (Å²) in [6, 6.07) is 11.8. The molecule has 0 unspecified atom stereocenters. The Labute approximate surface area is 146 Å². The minimum atomic E-state index is 0.576. The molecule has 130 valence electrons. The Morgan fingerprint density at radius 1 is 1.12 bits per heavy atom. The van der Waals surface area contributed by atoms with Crippen molar-refractivity contribution in [1.82, 2.24) is 9.97 Å². The first-order valence-electron chi connectivity index (χ1n) is 8.34. The molecule has 0 radical (unpaired) electrons. The van der Waals surface area contributed by atoms with Crippen LogP contribution in [0, 0.1) is 6.92 Å². The Morgan fingerprint density at radius 3 is 2.76 bits per heavy atom. The lowest BCUT2D eigenvalue weighted by atomic mass is 10.2. The highest BCUT2D eigenvalue weighted by molar-refractivity contribution is 5.84. The van der Waals surface area contributed by atoms with Gasteiger partial charge in [-0.3, -0.25) is 0 Å². The van der Waals surface area contributed by atoms with Crippen LogP contribution in [0.2, 0.25) is 0 Å². The number of fused-ring (bicyclic) bond motifs is 1. The fraction of sp³-hybridized carbons (Fsp3) is 0.263. The van der Waals surface area contributed by atoms with Crippen LogP contribution in [0.3, 0.4) is 0 Å². The number of nitrogens with one attached hydrogen (secondary N) is 2. The fourth-order valence-electron chi connectivity index (χ4n) is 2.50. The van der Waals surface area contributed by atoms with Gasteiger partial charge in [-0.05, 0) is 50.6 Å². The van der Waals surface area contributed by atoms with E-state index >= 15 is 0 Å². The number of aromatic amines is 1. The number of nitrogens with zero attached hydrogens (tertiary/aromatic N) is 2. The Morgan fingerprint density at radius 2 is 1.96 bits per heavy atom. The molecule has 0 spiro atoms. The van der Waals surface area contributed by atoms with Crippen LogP contribution in [0.4, 0.5) is 5.95 Å². The van der Waals surface area contributed by atoms with Gasteiger partial charge < -0.3 is 14.5 Å². The zero-order chi connectivity index (χ0) is 17.6. The van der Waals surface area contributed by atoms with E-state index in [9.17, 15) is 0 Å². The second-order valence-corrected chi connectivity index (χ2v) is 5.54. The van der Waals surface area contributed by atoms with Crippen LogP contribution in [-0.4, -0.2) is 29.4 Å². The van der Waals surface area contributed by atoms with Crippen molar-refractivity contribution in [1.29, 1.82) is 0 Å². The van der Waals surface area contributed by atoms with Gasteiger partial charge in [-0.1, -0.05) is 6.07 Å². The van der Waals surface area contributed by atoms with Gasteiger partial charge in [-0.2, -0.15) is 5.10 Å². The van der Waals surface area contributed by atoms with Crippen LogP contribution in [0.15, 0.2) is 41.5 Å². The molecule has 2 aromatic carbocycles. The summed E-state index contributed by atoms with van der Waals surface area (Å²) in [6.45, 7) is 7.14. The Bertz CT molecular complexity index is 886. The molecule has 0 saturated carbocycles. The van der Waals surface area contributed by atoms with E-state index in [-0.39, 0.29) is 0 Å². The maximum atomic E-state index is 5.67. The number of hydrogen-bond acceptors (Lipinski definition) is 5. The molecule has 0 saturated heterocycles. The molecule has 0 aliphatic rings. The predicted molar refractivity (Wildman–Crippen MR) is 101 cm³/mol. The maximum absolute atomic E-state index is 5.67. The highest BCUT2D eigenvalue weighted by Gasteiger charge is 2.05. The number of H-pyrrole nitrogens is 1. The maximum Gasteiger partial charge on any atom is 0.222 e. The quantitative estimate of drug-likeness (QED) is 0.502. The van der Waals surface area contributed by atoms with E-state index in [1.54, 1.807) is 6.21 Å². The van der Waals surface area contributed by atoms with Crippen molar-refractivity contribution in [2.45, 2.75) is 20.8 Å². The largest absolute Gasteiger partial charge is 0.494 e. The molecule has 1 heterocycles. The van der Waals surface area contributed by atoms with Gasteiger partial charge in [0.2, 0.25) is 5.95 Å². The summed E-state index contributed by atoms with van der Waals surface area (Å²) in [4.78, 5) is 7.65. The number of hydrazone groups is 1. The average Bonchev–Trinajstić information content (AvgIpc) is 2.99. The van der Waals surface area contributed by atoms with Gasteiger partial charge in [0.05, 0.1) is 30.5 Å². The number of aromatic nitrogens is 2. The minimum absolute atomic E-state index is 0.576. The van der Waals surface area contributed by atoms with E-state index < -0.39 is 0 Å². The summed E-state index contributed by atoms with van der Waals surface area (Å²) in [5.74, 6) is 2.11. The molecule has 0 amide bonds. The summed E-state index contributed by atoms with van der Waals surface area (Å²) in [5.41, 5.74) is 6.86. The van der Waals surface area contributed by atoms with Gasteiger partial charge in [-0.25, -0.2) is 10.4 Å². The molecule has 3 aromatic rings. The lowest BCUT2D eigenvalue weighted by Gasteiger charge is -2.09. The zero-order valence-corrected chi connectivity index (χ0v) is 14.7.